The summed E-state index contributed by atoms with van der Waals surface area (Å²) in [5, 5.41) is 10.3. The molecule has 1 unspecified atom stereocenters. The molecule has 15 heavy (non-hydrogen) atoms. The van der Waals surface area contributed by atoms with Gasteiger partial charge in [-0.1, -0.05) is 24.3 Å². The fourth-order valence-electron chi connectivity index (χ4n) is 2.03. The van der Waals surface area contributed by atoms with Crippen molar-refractivity contribution < 1.29 is 5.11 Å². The van der Waals surface area contributed by atoms with Crippen molar-refractivity contribution in [3.63, 3.8) is 0 Å². The highest BCUT2D eigenvalue weighted by atomic mass is 127. The molecule has 0 amide bonds. The monoisotopic (exact) mass is 314 g/mol. The van der Waals surface area contributed by atoms with Gasteiger partial charge >= 0.3 is 0 Å². The summed E-state index contributed by atoms with van der Waals surface area (Å²) in [6, 6.07) is 6.13. The van der Waals surface area contributed by atoms with Crippen LogP contribution >= 0.6 is 22.6 Å². The first kappa shape index (κ1) is 11.1. The van der Waals surface area contributed by atoms with Crippen molar-refractivity contribution in [2.45, 2.75) is 32.3 Å². The lowest BCUT2D eigenvalue weighted by atomic mass is 10.00. The smallest absolute Gasteiger partial charge is 0.101 e. The molecule has 1 nitrogen and oxygen atoms in total. The van der Waals surface area contributed by atoms with Gasteiger partial charge in [0.1, 0.15) is 6.10 Å². The van der Waals surface area contributed by atoms with Gasteiger partial charge in [0.05, 0.1) is 0 Å². The highest BCUT2D eigenvalue weighted by Gasteiger charge is 2.18. The number of benzene rings is 1. The van der Waals surface area contributed by atoms with E-state index in [0.29, 0.717) is 0 Å². The Labute approximate surface area is 104 Å². The number of allylic oxidation sites excluding steroid dienone is 1. The van der Waals surface area contributed by atoms with Gasteiger partial charge in [-0.2, -0.15) is 0 Å². The molecule has 1 atom stereocenters. The van der Waals surface area contributed by atoms with Crippen LogP contribution in [0.3, 0.4) is 0 Å². The number of aliphatic hydroxyl groups excluding tert-OH is 1. The van der Waals surface area contributed by atoms with Crippen LogP contribution in [0.2, 0.25) is 0 Å². The van der Waals surface area contributed by atoms with Crippen LogP contribution in [0.1, 0.15) is 36.5 Å². The Morgan fingerprint density at radius 1 is 1.40 bits per heavy atom. The Morgan fingerprint density at radius 3 is 2.87 bits per heavy atom. The van der Waals surface area contributed by atoms with Crippen molar-refractivity contribution in [1.82, 2.24) is 0 Å². The third-order valence-corrected chi connectivity index (χ3v) is 4.42. The van der Waals surface area contributed by atoms with Gasteiger partial charge < -0.3 is 5.11 Å². The van der Waals surface area contributed by atoms with Crippen LogP contribution in [-0.4, -0.2) is 5.11 Å². The molecule has 0 saturated carbocycles. The number of hydrogen-bond acceptors (Lipinski definition) is 1. The molecule has 0 spiro atoms. The Balaban J connectivity index is 2.32. The van der Waals surface area contributed by atoms with Gasteiger partial charge in [0.25, 0.3) is 0 Å². The lowest BCUT2D eigenvalue weighted by Gasteiger charge is -2.15. The number of halogens is 1. The third kappa shape index (κ3) is 2.26. The molecule has 0 heterocycles. The summed E-state index contributed by atoms with van der Waals surface area (Å²) < 4.78 is 1.19. The summed E-state index contributed by atoms with van der Waals surface area (Å²) in [5.41, 5.74) is 3.49. The Morgan fingerprint density at radius 2 is 2.20 bits per heavy atom. The van der Waals surface area contributed by atoms with Crippen LogP contribution in [-0.2, 0) is 0 Å². The van der Waals surface area contributed by atoms with Gasteiger partial charge in [0, 0.05) is 3.57 Å². The topological polar surface area (TPSA) is 20.2 Å². The SMILES string of the molecule is Cc1cccc(C(O)C2=CCCC2)c1I. The number of aliphatic hydroxyl groups is 1. The maximum Gasteiger partial charge on any atom is 0.101 e. The van der Waals surface area contributed by atoms with Gasteiger partial charge in [0.15, 0.2) is 0 Å². The molecule has 2 heteroatoms. The number of rotatable bonds is 2. The molecule has 0 radical (unpaired) electrons. The van der Waals surface area contributed by atoms with E-state index in [1.165, 1.54) is 21.1 Å². The van der Waals surface area contributed by atoms with E-state index in [-0.39, 0.29) is 6.10 Å². The molecule has 1 aromatic carbocycles. The minimum Gasteiger partial charge on any atom is -0.384 e. The Bertz CT molecular complexity index is 396. The van der Waals surface area contributed by atoms with Gasteiger partial charge in [-0.3, -0.25) is 0 Å². The van der Waals surface area contributed by atoms with Crippen molar-refractivity contribution in [3.05, 3.63) is 44.5 Å². The first-order chi connectivity index (χ1) is 7.20. The number of hydrogen-bond donors (Lipinski definition) is 1. The zero-order valence-electron chi connectivity index (χ0n) is 8.83. The van der Waals surface area contributed by atoms with E-state index < -0.39 is 0 Å². The normalized spacial score (nSPS) is 17.7. The van der Waals surface area contributed by atoms with Crippen molar-refractivity contribution in [2.24, 2.45) is 0 Å². The molecule has 0 aliphatic heterocycles. The standard InChI is InChI=1S/C13H15IO/c1-9-5-4-8-11(12(9)14)13(15)10-6-2-3-7-10/h4-6,8,13,15H,2-3,7H2,1H3. The van der Waals surface area contributed by atoms with Gasteiger partial charge in [-0.05, 0) is 65.5 Å². The quantitative estimate of drug-likeness (QED) is 0.651. The molecular weight excluding hydrogens is 299 g/mol. The first-order valence-corrected chi connectivity index (χ1v) is 6.40. The summed E-state index contributed by atoms with van der Waals surface area (Å²) in [6.45, 7) is 2.08. The zero-order valence-corrected chi connectivity index (χ0v) is 11.0. The lowest BCUT2D eigenvalue weighted by molar-refractivity contribution is 0.211. The average molecular weight is 314 g/mol. The molecule has 0 fully saturated rings. The summed E-state index contributed by atoms with van der Waals surface area (Å²) in [6.07, 6.45) is 5.15. The van der Waals surface area contributed by atoms with Crippen molar-refractivity contribution in [1.29, 1.82) is 0 Å². The predicted octanol–water partition coefficient (Wildman–Crippen LogP) is 3.74. The zero-order chi connectivity index (χ0) is 10.8. The Kier molecular flexibility index (Phi) is 3.46. The van der Waals surface area contributed by atoms with Crippen LogP contribution in [0.5, 0.6) is 0 Å². The summed E-state index contributed by atoms with van der Waals surface area (Å²) >= 11 is 2.32. The summed E-state index contributed by atoms with van der Waals surface area (Å²) in [4.78, 5) is 0. The van der Waals surface area contributed by atoms with Crippen LogP contribution in [0.25, 0.3) is 0 Å². The van der Waals surface area contributed by atoms with E-state index in [4.69, 9.17) is 0 Å². The van der Waals surface area contributed by atoms with Crippen LogP contribution in [0.4, 0.5) is 0 Å². The molecule has 0 saturated heterocycles. The van der Waals surface area contributed by atoms with E-state index in [1.807, 2.05) is 12.1 Å². The van der Waals surface area contributed by atoms with E-state index in [9.17, 15) is 5.11 Å². The van der Waals surface area contributed by atoms with Crippen LogP contribution < -0.4 is 0 Å². The molecule has 1 N–H and O–H groups in total. The van der Waals surface area contributed by atoms with Gasteiger partial charge in [0.2, 0.25) is 0 Å². The summed E-state index contributed by atoms with van der Waals surface area (Å²) in [5.74, 6) is 0. The summed E-state index contributed by atoms with van der Waals surface area (Å²) in [7, 11) is 0. The highest BCUT2D eigenvalue weighted by molar-refractivity contribution is 14.1. The highest BCUT2D eigenvalue weighted by Crippen LogP contribution is 2.33. The van der Waals surface area contributed by atoms with Crippen molar-refractivity contribution >= 4 is 22.6 Å². The fraction of sp³-hybridized carbons (Fsp3) is 0.385. The third-order valence-electron chi connectivity index (χ3n) is 2.94. The van der Waals surface area contributed by atoms with E-state index >= 15 is 0 Å². The first-order valence-electron chi connectivity index (χ1n) is 5.32. The molecule has 0 aromatic heterocycles. The van der Waals surface area contributed by atoms with Gasteiger partial charge in [-0.25, -0.2) is 0 Å². The minimum absolute atomic E-state index is 0.390. The Hall–Kier alpha value is -0.350. The van der Waals surface area contributed by atoms with E-state index in [1.54, 1.807) is 0 Å². The second-order valence-corrected chi connectivity index (χ2v) is 5.13. The number of aryl methyl sites for hydroxylation is 1. The maximum absolute atomic E-state index is 10.3. The van der Waals surface area contributed by atoms with E-state index in [2.05, 4.69) is 41.7 Å². The fourth-order valence-corrected chi connectivity index (χ4v) is 2.68. The largest absolute Gasteiger partial charge is 0.384 e. The van der Waals surface area contributed by atoms with E-state index in [0.717, 1.165) is 18.4 Å². The maximum atomic E-state index is 10.3. The second-order valence-electron chi connectivity index (χ2n) is 4.05. The molecule has 1 aromatic rings. The van der Waals surface area contributed by atoms with Crippen molar-refractivity contribution in [2.75, 3.05) is 0 Å². The molecule has 1 aliphatic carbocycles. The molecule has 2 rings (SSSR count). The van der Waals surface area contributed by atoms with Crippen LogP contribution in [0.15, 0.2) is 29.8 Å². The second kappa shape index (κ2) is 4.66. The lowest BCUT2D eigenvalue weighted by Crippen LogP contribution is -2.03. The molecular formula is C13H15IO. The van der Waals surface area contributed by atoms with Gasteiger partial charge in [-0.15, -0.1) is 0 Å². The minimum atomic E-state index is -0.390. The average Bonchev–Trinajstić information content (AvgIpc) is 2.74. The van der Waals surface area contributed by atoms with Crippen molar-refractivity contribution in [3.8, 4) is 0 Å². The molecule has 0 bridgehead atoms. The molecule has 80 valence electrons. The predicted molar refractivity (Wildman–Crippen MR) is 70.8 cm³/mol. The molecule has 1 aliphatic rings. The van der Waals surface area contributed by atoms with Crippen LogP contribution in [0, 0.1) is 10.5 Å².